The molecule has 0 aliphatic heterocycles. The molecule has 2 unspecified atom stereocenters. The van der Waals surface area contributed by atoms with E-state index in [1.54, 1.807) is 49.1 Å². The first-order valence-electron chi connectivity index (χ1n) is 16.2. The molecule has 0 saturated heterocycles. The van der Waals surface area contributed by atoms with E-state index >= 15 is 0 Å². The summed E-state index contributed by atoms with van der Waals surface area (Å²) < 4.78 is 9.01. The van der Waals surface area contributed by atoms with Gasteiger partial charge >= 0.3 is 0 Å². The number of anilines is 1. The third kappa shape index (κ3) is 8.28. The third-order valence-corrected chi connectivity index (χ3v) is 9.04. The van der Waals surface area contributed by atoms with E-state index in [1.165, 1.54) is 4.68 Å². The number of nitrogens with two attached hydrogens (primary N) is 1. The Morgan fingerprint density at radius 3 is 2.47 bits per heavy atom. The number of nitrogens with zero attached hydrogens (tertiary/aromatic N) is 4. The molecular formula is C38H43ClN6O4. The molecule has 3 aromatic carbocycles. The van der Waals surface area contributed by atoms with Crippen LogP contribution in [-0.4, -0.2) is 55.5 Å². The van der Waals surface area contributed by atoms with Gasteiger partial charge in [0.15, 0.2) is 5.78 Å². The highest BCUT2D eigenvalue weighted by Crippen LogP contribution is 2.28. The van der Waals surface area contributed by atoms with Crippen LogP contribution in [0, 0.1) is 12.3 Å². The molecule has 5 aromatic rings. The number of nitrogen functional groups attached to an aromatic ring is 1. The predicted octanol–water partition coefficient (Wildman–Crippen LogP) is 6.03. The molecule has 0 amide bonds. The third-order valence-electron chi connectivity index (χ3n) is 8.81. The molecule has 4 N–H and O–H groups in total. The fraction of sp³-hybridized carbons (Fsp3) is 0.316. The number of benzene rings is 3. The molecule has 0 bridgehead atoms. The van der Waals surface area contributed by atoms with Crippen LogP contribution in [0.5, 0.6) is 5.75 Å². The second kappa shape index (κ2) is 14.8. The summed E-state index contributed by atoms with van der Waals surface area (Å²) in [5.41, 5.74) is 10.6. The first-order valence-corrected chi connectivity index (χ1v) is 16.5. The zero-order chi connectivity index (χ0) is 35.5. The van der Waals surface area contributed by atoms with E-state index in [4.69, 9.17) is 27.1 Å². The number of ketones is 1. The molecule has 11 heteroatoms. The molecule has 2 aromatic heterocycles. The number of carbonyl (C=O) groups is 1. The van der Waals surface area contributed by atoms with Crippen LogP contribution >= 0.6 is 11.6 Å². The number of hydrogen-bond donors (Lipinski definition) is 3. The highest BCUT2D eigenvalue weighted by molar-refractivity contribution is 6.30. The zero-order valence-corrected chi connectivity index (χ0v) is 29.5. The fourth-order valence-corrected chi connectivity index (χ4v) is 5.53. The number of hydrogen-bond acceptors (Lipinski definition) is 8. The van der Waals surface area contributed by atoms with Gasteiger partial charge in [-0.2, -0.15) is 0 Å². The van der Waals surface area contributed by atoms with Gasteiger partial charge in [0.2, 0.25) is 0 Å². The smallest absolute Gasteiger partial charge is 0.282 e. The molecule has 0 spiro atoms. The maximum absolute atomic E-state index is 13.4. The summed E-state index contributed by atoms with van der Waals surface area (Å²) in [6.07, 6.45) is 0.985. The van der Waals surface area contributed by atoms with Crippen molar-refractivity contribution >= 4 is 23.2 Å². The first kappa shape index (κ1) is 35.5. The van der Waals surface area contributed by atoms with Gasteiger partial charge in [-0.25, -0.2) is 14.6 Å². The molecule has 0 aliphatic rings. The van der Waals surface area contributed by atoms with Crippen LogP contribution in [0.3, 0.4) is 0 Å². The Bertz CT molecular complexity index is 2010. The average Bonchev–Trinajstić information content (AvgIpc) is 3.29. The van der Waals surface area contributed by atoms with Gasteiger partial charge in [0, 0.05) is 47.9 Å². The summed E-state index contributed by atoms with van der Waals surface area (Å²) in [4.78, 5) is 36.0. The Morgan fingerprint density at radius 1 is 1.06 bits per heavy atom. The molecule has 2 atom stereocenters. The van der Waals surface area contributed by atoms with Crippen molar-refractivity contribution in [3.8, 4) is 34.0 Å². The minimum atomic E-state index is -0.668. The van der Waals surface area contributed by atoms with E-state index < -0.39 is 11.7 Å². The topological polar surface area (TPSA) is 137 Å². The van der Waals surface area contributed by atoms with Crippen molar-refractivity contribution in [2.24, 2.45) is 12.5 Å². The van der Waals surface area contributed by atoms with Crippen molar-refractivity contribution in [1.82, 2.24) is 24.6 Å². The van der Waals surface area contributed by atoms with Gasteiger partial charge in [-0.05, 0) is 55.2 Å². The number of halogens is 1. The van der Waals surface area contributed by atoms with Crippen molar-refractivity contribution in [3.05, 3.63) is 111 Å². The minimum Gasteiger partial charge on any atom is -0.491 e. The lowest BCUT2D eigenvalue weighted by Gasteiger charge is -2.29. The first-order chi connectivity index (χ1) is 23.2. The number of aromatic nitrogens is 4. The molecule has 0 fully saturated rings. The second-order valence-corrected chi connectivity index (χ2v) is 13.8. The normalized spacial score (nSPS) is 12.9. The minimum absolute atomic E-state index is 0.0459. The maximum atomic E-state index is 13.4. The number of rotatable bonds is 12. The van der Waals surface area contributed by atoms with Gasteiger partial charge in [0.1, 0.15) is 35.5 Å². The van der Waals surface area contributed by atoms with Crippen LogP contribution in [0.25, 0.3) is 28.2 Å². The van der Waals surface area contributed by atoms with Gasteiger partial charge in [0.05, 0.1) is 17.6 Å². The Labute approximate surface area is 291 Å². The predicted molar refractivity (Wildman–Crippen MR) is 195 cm³/mol. The van der Waals surface area contributed by atoms with E-state index in [9.17, 15) is 14.7 Å². The number of ether oxygens (including phenoxy) is 1. The van der Waals surface area contributed by atoms with E-state index in [2.05, 4.69) is 38.0 Å². The van der Waals surface area contributed by atoms with Crippen molar-refractivity contribution in [1.29, 1.82) is 0 Å². The van der Waals surface area contributed by atoms with E-state index in [1.807, 2.05) is 48.5 Å². The molecule has 2 heterocycles. The standard InChI is InChI=1S/C38H43ClN6O4/c1-23-34(37(48)45(44(23)6)29-11-8-10-28(39)19-29)33(47)17-25-13-15-26(16-14-25)35-36(40)42-21-32(43-35)27-9-7-12-31(18-27)49-22-30(46)20-41-24(2)38(3,4)5/h7-16,18-19,21,24,30,41,46H,17,20,22H2,1-6H3,(H2,40,42). The quantitative estimate of drug-likeness (QED) is 0.136. The molecular weight excluding hydrogens is 640 g/mol. The molecule has 0 radical (unpaired) electrons. The number of aliphatic hydroxyl groups is 1. The van der Waals surface area contributed by atoms with E-state index in [0.29, 0.717) is 40.1 Å². The molecule has 5 rings (SSSR count). The number of nitrogens with one attached hydrogen (secondary N) is 1. The molecule has 0 aliphatic carbocycles. The van der Waals surface area contributed by atoms with Crippen LogP contribution in [0.15, 0.2) is 83.8 Å². The van der Waals surface area contributed by atoms with Gasteiger partial charge in [-0.15, -0.1) is 0 Å². The number of Topliss-reactive ketones (excluding diaryl/α,β-unsaturated/α-hetero) is 1. The summed E-state index contributed by atoms with van der Waals surface area (Å²) >= 11 is 6.15. The lowest BCUT2D eigenvalue weighted by atomic mass is 9.88. The summed E-state index contributed by atoms with van der Waals surface area (Å²) in [5, 5.41) is 14.3. The van der Waals surface area contributed by atoms with Crippen molar-refractivity contribution in [2.45, 2.75) is 53.2 Å². The number of aliphatic hydroxyl groups excluding tert-OH is 1. The Balaban J connectivity index is 1.28. The highest BCUT2D eigenvalue weighted by Gasteiger charge is 2.23. The van der Waals surface area contributed by atoms with Gasteiger partial charge < -0.3 is 20.9 Å². The molecule has 49 heavy (non-hydrogen) atoms. The molecule has 0 saturated carbocycles. The highest BCUT2D eigenvalue weighted by atomic mass is 35.5. The van der Waals surface area contributed by atoms with Crippen LogP contribution in [0.1, 0.15) is 49.3 Å². The zero-order valence-electron chi connectivity index (χ0n) is 28.7. The van der Waals surface area contributed by atoms with E-state index in [-0.39, 0.29) is 41.6 Å². The summed E-state index contributed by atoms with van der Waals surface area (Å²) in [7, 11) is 1.74. The summed E-state index contributed by atoms with van der Waals surface area (Å²) in [5.74, 6) is 0.586. The monoisotopic (exact) mass is 682 g/mol. The van der Waals surface area contributed by atoms with E-state index in [0.717, 1.165) is 16.7 Å². The Kier molecular flexibility index (Phi) is 10.7. The molecule has 256 valence electrons. The SMILES string of the molecule is Cc1c(C(=O)Cc2ccc(-c3nc(-c4cccc(OCC(O)CNC(C)C(C)(C)C)c4)cnc3N)cc2)c(=O)n(-c2cccc(Cl)c2)n1C. The van der Waals surface area contributed by atoms with Crippen molar-refractivity contribution < 1.29 is 14.6 Å². The second-order valence-electron chi connectivity index (χ2n) is 13.4. The van der Waals surface area contributed by atoms with Crippen LogP contribution in [0.2, 0.25) is 5.02 Å². The van der Waals surface area contributed by atoms with Crippen LogP contribution in [0.4, 0.5) is 5.82 Å². The maximum Gasteiger partial charge on any atom is 0.282 e. The number of carbonyl (C=O) groups excluding carboxylic acids is 1. The Hall–Kier alpha value is -4.77. The lowest BCUT2D eigenvalue weighted by Crippen LogP contribution is -2.42. The largest absolute Gasteiger partial charge is 0.491 e. The van der Waals surface area contributed by atoms with Gasteiger partial charge in [0.25, 0.3) is 5.56 Å². The summed E-state index contributed by atoms with van der Waals surface area (Å²) in [6, 6.07) is 22.0. The van der Waals surface area contributed by atoms with Crippen LogP contribution < -0.4 is 21.3 Å². The van der Waals surface area contributed by atoms with Crippen molar-refractivity contribution in [2.75, 3.05) is 18.9 Å². The fourth-order valence-electron chi connectivity index (χ4n) is 5.35. The molecule has 10 nitrogen and oxygen atoms in total. The van der Waals surface area contributed by atoms with Crippen LogP contribution in [-0.2, 0) is 13.5 Å². The summed E-state index contributed by atoms with van der Waals surface area (Å²) in [6.45, 7) is 10.9. The van der Waals surface area contributed by atoms with Gasteiger partial charge in [-0.1, -0.05) is 74.8 Å². The van der Waals surface area contributed by atoms with Crippen molar-refractivity contribution in [3.63, 3.8) is 0 Å². The Morgan fingerprint density at radius 2 is 1.78 bits per heavy atom. The van der Waals surface area contributed by atoms with Gasteiger partial charge in [-0.3, -0.25) is 14.3 Å². The lowest BCUT2D eigenvalue weighted by molar-refractivity contribution is 0.0985. The average molecular weight is 683 g/mol.